The highest BCUT2D eigenvalue weighted by atomic mass is 16.5. The maximum absolute atomic E-state index is 12.6. The highest BCUT2D eigenvalue weighted by Crippen LogP contribution is 2.22. The Morgan fingerprint density at radius 1 is 0.733 bits per heavy atom. The average Bonchev–Trinajstić information content (AvgIpc) is 3.07. The summed E-state index contributed by atoms with van der Waals surface area (Å²) >= 11 is 0. The summed E-state index contributed by atoms with van der Waals surface area (Å²) in [6.07, 6.45) is 1.57. The van der Waals surface area contributed by atoms with Crippen LogP contribution in [0.1, 0.15) is 5.56 Å². The Morgan fingerprint density at radius 3 is 1.93 bits per heavy atom. The third-order valence-corrected chi connectivity index (χ3v) is 4.46. The molecular formula is C24H20N2O4. The topological polar surface area (TPSA) is 67.9 Å². The molecule has 0 atom stereocenters. The van der Waals surface area contributed by atoms with Crippen LogP contribution in [0.2, 0.25) is 0 Å². The molecular weight excluding hydrogens is 380 g/mol. The highest BCUT2D eigenvalue weighted by molar-refractivity contribution is 6.31. The normalized spacial score (nSPS) is 14.7. The number of benzene rings is 3. The number of hydrazine groups is 1. The van der Waals surface area contributed by atoms with Crippen molar-refractivity contribution in [1.82, 2.24) is 5.43 Å². The first-order chi connectivity index (χ1) is 14.7. The first-order valence-electron chi connectivity index (χ1n) is 9.53. The summed E-state index contributed by atoms with van der Waals surface area (Å²) in [7, 11) is 0. The Labute approximate surface area is 174 Å². The standard InChI is InChI=1S/C24H20N2O4/c27-23-22(24(28)26(25-23)19-7-3-1-4-8-19)17-18-11-13-21(14-12-18)30-16-15-29-20-9-5-2-6-10-20/h1-14,17H,15-16H2,(H,25,27)/b22-17+. The van der Waals surface area contributed by atoms with E-state index in [-0.39, 0.29) is 11.5 Å². The van der Waals surface area contributed by atoms with Gasteiger partial charge in [0.25, 0.3) is 11.8 Å². The van der Waals surface area contributed by atoms with Crippen LogP contribution in [0.4, 0.5) is 5.69 Å². The van der Waals surface area contributed by atoms with Crippen LogP contribution in [0.3, 0.4) is 0 Å². The van der Waals surface area contributed by atoms with Gasteiger partial charge >= 0.3 is 0 Å². The fourth-order valence-electron chi connectivity index (χ4n) is 2.98. The minimum Gasteiger partial charge on any atom is -0.490 e. The summed E-state index contributed by atoms with van der Waals surface area (Å²) in [6.45, 7) is 0.835. The second-order valence-corrected chi connectivity index (χ2v) is 6.55. The lowest BCUT2D eigenvalue weighted by atomic mass is 10.1. The van der Waals surface area contributed by atoms with E-state index < -0.39 is 5.91 Å². The number of para-hydroxylation sites is 2. The van der Waals surface area contributed by atoms with E-state index in [4.69, 9.17) is 9.47 Å². The van der Waals surface area contributed by atoms with E-state index in [1.165, 1.54) is 5.01 Å². The fourth-order valence-corrected chi connectivity index (χ4v) is 2.98. The van der Waals surface area contributed by atoms with E-state index >= 15 is 0 Å². The smallest absolute Gasteiger partial charge is 0.282 e. The molecule has 2 amide bonds. The minimum atomic E-state index is -0.428. The van der Waals surface area contributed by atoms with Crippen molar-refractivity contribution in [2.75, 3.05) is 18.2 Å². The molecule has 1 fully saturated rings. The van der Waals surface area contributed by atoms with Gasteiger partial charge in [0.1, 0.15) is 30.3 Å². The lowest BCUT2D eigenvalue weighted by Crippen LogP contribution is -2.35. The third-order valence-electron chi connectivity index (χ3n) is 4.46. The number of carbonyl (C=O) groups excluding carboxylic acids is 2. The van der Waals surface area contributed by atoms with Crippen molar-refractivity contribution < 1.29 is 19.1 Å². The molecule has 0 aromatic heterocycles. The summed E-state index contributed by atoms with van der Waals surface area (Å²) in [5.74, 6) is 0.667. The molecule has 3 aromatic carbocycles. The lowest BCUT2D eigenvalue weighted by Gasteiger charge is -2.13. The maximum atomic E-state index is 12.6. The number of ether oxygens (including phenoxy) is 2. The molecule has 150 valence electrons. The number of amides is 2. The second-order valence-electron chi connectivity index (χ2n) is 6.55. The number of nitrogens with zero attached hydrogens (tertiary/aromatic N) is 1. The van der Waals surface area contributed by atoms with Crippen LogP contribution in [0.15, 0.2) is 90.5 Å². The quantitative estimate of drug-likeness (QED) is 0.374. The molecule has 0 bridgehead atoms. The summed E-state index contributed by atoms with van der Waals surface area (Å²) in [4.78, 5) is 24.9. The van der Waals surface area contributed by atoms with E-state index in [9.17, 15) is 9.59 Å². The van der Waals surface area contributed by atoms with Crippen LogP contribution >= 0.6 is 0 Å². The molecule has 30 heavy (non-hydrogen) atoms. The molecule has 1 aliphatic heterocycles. The highest BCUT2D eigenvalue weighted by Gasteiger charge is 2.34. The van der Waals surface area contributed by atoms with Crippen LogP contribution in [0.25, 0.3) is 6.08 Å². The molecule has 0 spiro atoms. The molecule has 1 heterocycles. The summed E-state index contributed by atoms with van der Waals surface area (Å²) in [5, 5.41) is 1.25. The van der Waals surface area contributed by atoms with Gasteiger partial charge in [-0.3, -0.25) is 15.0 Å². The minimum absolute atomic E-state index is 0.0868. The molecule has 0 aliphatic carbocycles. The summed E-state index contributed by atoms with van der Waals surface area (Å²) in [6, 6.07) is 25.7. The fraction of sp³-hybridized carbons (Fsp3) is 0.0833. The van der Waals surface area contributed by atoms with Gasteiger partial charge in [0.2, 0.25) is 0 Å². The van der Waals surface area contributed by atoms with Crippen molar-refractivity contribution in [1.29, 1.82) is 0 Å². The number of nitrogens with one attached hydrogen (secondary N) is 1. The van der Waals surface area contributed by atoms with Gasteiger partial charge in [-0.2, -0.15) is 0 Å². The van der Waals surface area contributed by atoms with E-state index in [0.717, 1.165) is 11.3 Å². The van der Waals surface area contributed by atoms with Crippen LogP contribution < -0.4 is 19.9 Å². The van der Waals surface area contributed by atoms with Gasteiger partial charge in [-0.15, -0.1) is 0 Å². The molecule has 3 aromatic rings. The zero-order valence-electron chi connectivity index (χ0n) is 16.2. The lowest BCUT2D eigenvalue weighted by molar-refractivity contribution is -0.117. The van der Waals surface area contributed by atoms with Crippen LogP contribution in [-0.2, 0) is 9.59 Å². The van der Waals surface area contributed by atoms with Crippen molar-refractivity contribution in [3.05, 3.63) is 96.1 Å². The van der Waals surface area contributed by atoms with Gasteiger partial charge in [-0.05, 0) is 48.0 Å². The Bertz CT molecular complexity index is 1050. The number of hydrogen-bond acceptors (Lipinski definition) is 4. The van der Waals surface area contributed by atoms with E-state index in [1.807, 2.05) is 36.4 Å². The molecule has 6 heteroatoms. The summed E-state index contributed by atoms with van der Waals surface area (Å²) in [5.41, 5.74) is 4.02. The second kappa shape index (κ2) is 8.96. The number of anilines is 1. The van der Waals surface area contributed by atoms with E-state index in [0.29, 0.717) is 24.7 Å². The van der Waals surface area contributed by atoms with Crippen LogP contribution in [-0.4, -0.2) is 25.0 Å². The van der Waals surface area contributed by atoms with Crippen molar-refractivity contribution in [2.24, 2.45) is 0 Å². The first-order valence-corrected chi connectivity index (χ1v) is 9.53. The zero-order chi connectivity index (χ0) is 20.8. The van der Waals surface area contributed by atoms with E-state index in [1.54, 1.807) is 54.6 Å². The van der Waals surface area contributed by atoms with Crippen molar-refractivity contribution in [3.8, 4) is 11.5 Å². The van der Waals surface area contributed by atoms with Crippen LogP contribution in [0.5, 0.6) is 11.5 Å². The molecule has 0 radical (unpaired) electrons. The molecule has 0 unspecified atom stereocenters. The monoisotopic (exact) mass is 400 g/mol. The third kappa shape index (κ3) is 4.50. The Balaban J connectivity index is 1.35. The van der Waals surface area contributed by atoms with Crippen molar-refractivity contribution >= 4 is 23.6 Å². The largest absolute Gasteiger partial charge is 0.490 e. The van der Waals surface area contributed by atoms with Gasteiger partial charge < -0.3 is 9.47 Å². The van der Waals surface area contributed by atoms with Crippen LogP contribution in [0, 0.1) is 0 Å². The molecule has 0 saturated carbocycles. The number of rotatable bonds is 7. The predicted molar refractivity (Wildman–Crippen MR) is 114 cm³/mol. The van der Waals surface area contributed by atoms with Gasteiger partial charge in [-0.25, -0.2) is 5.01 Å². The van der Waals surface area contributed by atoms with Gasteiger partial charge in [0.05, 0.1) is 5.69 Å². The SMILES string of the molecule is O=C1NN(c2ccccc2)C(=O)/C1=C/c1ccc(OCCOc2ccccc2)cc1. The zero-order valence-corrected chi connectivity index (χ0v) is 16.2. The van der Waals surface area contributed by atoms with Crippen molar-refractivity contribution in [2.45, 2.75) is 0 Å². The number of carbonyl (C=O) groups is 2. The maximum Gasteiger partial charge on any atom is 0.282 e. The molecule has 1 aliphatic rings. The molecule has 1 N–H and O–H groups in total. The van der Waals surface area contributed by atoms with Gasteiger partial charge in [-0.1, -0.05) is 48.5 Å². The Morgan fingerprint density at radius 2 is 1.30 bits per heavy atom. The molecule has 1 saturated heterocycles. The summed E-state index contributed by atoms with van der Waals surface area (Å²) < 4.78 is 11.3. The molecule has 6 nitrogen and oxygen atoms in total. The Kier molecular flexibility index (Phi) is 5.75. The number of hydrogen-bond donors (Lipinski definition) is 1. The predicted octanol–water partition coefficient (Wildman–Crippen LogP) is 3.61. The molecule has 4 rings (SSSR count). The Hall–Kier alpha value is -4.06. The average molecular weight is 400 g/mol. The van der Waals surface area contributed by atoms with Crippen molar-refractivity contribution in [3.63, 3.8) is 0 Å². The van der Waals surface area contributed by atoms with Gasteiger partial charge in [0, 0.05) is 0 Å². The first kappa shape index (κ1) is 19.3. The van der Waals surface area contributed by atoms with E-state index in [2.05, 4.69) is 5.43 Å². The van der Waals surface area contributed by atoms with Gasteiger partial charge in [0.15, 0.2) is 0 Å².